The molecule has 0 bridgehead atoms. The number of rotatable bonds is 7. The van der Waals surface area contributed by atoms with E-state index in [1.165, 1.54) is 11.8 Å². The summed E-state index contributed by atoms with van der Waals surface area (Å²) in [6.45, 7) is 1.98. The number of carbonyl (C=O) groups is 1. The summed E-state index contributed by atoms with van der Waals surface area (Å²) < 4.78 is 2.14. The molecule has 0 saturated heterocycles. The number of nitrogens with one attached hydrogen (secondary N) is 1. The van der Waals surface area contributed by atoms with Gasteiger partial charge in [0.1, 0.15) is 0 Å². The van der Waals surface area contributed by atoms with E-state index < -0.39 is 0 Å². The fourth-order valence-corrected chi connectivity index (χ4v) is 4.74. The maximum absolute atomic E-state index is 12.6. The van der Waals surface area contributed by atoms with Crippen LogP contribution in [0.15, 0.2) is 59.3 Å². The van der Waals surface area contributed by atoms with Crippen LogP contribution in [0.1, 0.15) is 23.9 Å². The quantitative estimate of drug-likeness (QED) is 0.407. The third-order valence-electron chi connectivity index (χ3n) is 4.89. The average Bonchev–Trinajstić information content (AvgIpc) is 3.39. The van der Waals surface area contributed by atoms with E-state index in [9.17, 15) is 4.79 Å². The fourth-order valence-electron chi connectivity index (χ4n) is 3.31. The number of anilines is 1. The molecule has 0 atom stereocenters. The smallest absolute Gasteiger partial charge is 0.234 e. The lowest BCUT2D eigenvalue weighted by atomic mass is 10.1. The fraction of sp³-hybridized carbons (Fsp3) is 0.227. The number of aromatic nitrogens is 5. The zero-order chi connectivity index (χ0) is 21.2. The van der Waals surface area contributed by atoms with E-state index in [0.29, 0.717) is 6.04 Å². The topological polar surface area (TPSA) is 85.6 Å². The first-order valence-corrected chi connectivity index (χ1v) is 11.8. The van der Waals surface area contributed by atoms with E-state index >= 15 is 0 Å². The lowest BCUT2D eigenvalue weighted by Crippen LogP contribution is -2.14. The highest BCUT2D eigenvalue weighted by atomic mass is 32.2. The van der Waals surface area contributed by atoms with Crippen LogP contribution >= 0.6 is 23.1 Å². The Morgan fingerprint density at radius 2 is 2.10 bits per heavy atom. The van der Waals surface area contributed by atoms with Gasteiger partial charge < -0.3 is 5.32 Å². The second kappa shape index (κ2) is 8.60. The van der Waals surface area contributed by atoms with Crippen molar-refractivity contribution in [2.75, 3.05) is 11.1 Å². The van der Waals surface area contributed by atoms with Crippen LogP contribution in [-0.2, 0) is 4.79 Å². The lowest BCUT2D eigenvalue weighted by Gasteiger charge is -2.09. The van der Waals surface area contributed by atoms with Gasteiger partial charge in [-0.1, -0.05) is 23.9 Å². The maximum Gasteiger partial charge on any atom is 0.234 e. The van der Waals surface area contributed by atoms with E-state index in [0.717, 1.165) is 51.3 Å². The number of aryl methyl sites for hydroxylation is 1. The average molecular weight is 449 g/mol. The van der Waals surface area contributed by atoms with E-state index in [1.807, 2.05) is 48.7 Å². The lowest BCUT2D eigenvalue weighted by molar-refractivity contribution is -0.113. The molecule has 1 aromatic carbocycles. The van der Waals surface area contributed by atoms with Crippen molar-refractivity contribution >= 4 is 34.7 Å². The zero-order valence-electron chi connectivity index (χ0n) is 16.9. The summed E-state index contributed by atoms with van der Waals surface area (Å²) in [4.78, 5) is 21.3. The van der Waals surface area contributed by atoms with Gasteiger partial charge in [0.15, 0.2) is 11.0 Å². The van der Waals surface area contributed by atoms with Crippen molar-refractivity contribution < 1.29 is 4.79 Å². The largest absolute Gasteiger partial charge is 0.325 e. The highest BCUT2D eigenvalue weighted by Gasteiger charge is 2.30. The Labute approximate surface area is 188 Å². The van der Waals surface area contributed by atoms with Crippen molar-refractivity contribution in [3.63, 3.8) is 0 Å². The van der Waals surface area contributed by atoms with Crippen molar-refractivity contribution in [2.45, 2.75) is 31.0 Å². The van der Waals surface area contributed by atoms with Crippen molar-refractivity contribution in [2.24, 2.45) is 0 Å². The minimum absolute atomic E-state index is 0.0788. The first-order valence-electron chi connectivity index (χ1n) is 9.98. The number of benzene rings is 1. The Bertz CT molecular complexity index is 1220. The number of nitrogens with zero attached hydrogens (tertiary/aromatic N) is 5. The van der Waals surface area contributed by atoms with Gasteiger partial charge in [0, 0.05) is 40.6 Å². The number of amides is 1. The van der Waals surface area contributed by atoms with Crippen LogP contribution in [0.4, 0.5) is 5.69 Å². The Morgan fingerprint density at radius 3 is 2.84 bits per heavy atom. The van der Waals surface area contributed by atoms with Gasteiger partial charge in [0.25, 0.3) is 0 Å². The van der Waals surface area contributed by atoms with Crippen molar-refractivity contribution in [1.29, 1.82) is 0 Å². The minimum atomic E-state index is -0.0788. The third kappa shape index (κ3) is 4.52. The van der Waals surface area contributed by atoms with Crippen LogP contribution in [0.3, 0.4) is 0 Å². The van der Waals surface area contributed by atoms with Gasteiger partial charge in [-0.25, -0.2) is 4.98 Å². The molecule has 1 fully saturated rings. The van der Waals surface area contributed by atoms with Gasteiger partial charge in [0.2, 0.25) is 5.91 Å². The van der Waals surface area contributed by atoms with Crippen LogP contribution in [0, 0.1) is 6.92 Å². The van der Waals surface area contributed by atoms with Gasteiger partial charge in [0.05, 0.1) is 16.5 Å². The molecule has 1 N–H and O–H groups in total. The SMILES string of the molecule is Cc1nc(-c2cccc(NC(=O)CSc3nnc(-c4cccnc4)n3C3CC3)c2)cs1. The first kappa shape index (κ1) is 19.9. The second-order valence-corrected chi connectivity index (χ2v) is 9.32. The number of carbonyl (C=O) groups excluding carboxylic acids is 1. The van der Waals surface area contributed by atoms with E-state index in [4.69, 9.17) is 0 Å². The Hall–Kier alpha value is -3.04. The van der Waals surface area contributed by atoms with Gasteiger partial charge in [-0.2, -0.15) is 0 Å². The molecule has 1 amide bonds. The van der Waals surface area contributed by atoms with E-state index in [1.54, 1.807) is 23.7 Å². The molecule has 0 spiro atoms. The van der Waals surface area contributed by atoms with Gasteiger partial charge in [-0.05, 0) is 44.0 Å². The number of hydrogen-bond acceptors (Lipinski definition) is 7. The van der Waals surface area contributed by atoms with Crippen LogP contribution < -0.4 is 5.32 Å². The van der Waals surface area contributed by atoms with Crippen LogP contribution in [0.2, 0.25) is 0 Å². The number of thiazole rings is 1. The van der Waals surface area contributed by atoms with Crippen LogP contribution in [-0.4, -0.2) is 36.4 Å². The Balaban J connectivity index is 1.27. The molecule has 3 aromatic heterocycles. The molecule has 156 valence electrons. The molecular formula is C22H20N6OS2. The third-order valence-corrected chi connectivity index (χ3v) is 6.61. The molecule has 1 aliphatic carbocycles. The van der Waals surface area contributed by atoms with E-state index in [-0.39, 0.29) is 11.7 Å². The van der Waals surface area contributed by atoms with Crippen molar-refractivity contribution in [3.05, 3.63) is 59.2 Å². The molecule has 1 aliphatic rings. The van der Waals surface area contributed by atoms with Gasteiger partial charge in [-0.3, -0.25) is 14.3 Å². The minimum Gasteiger partial charge on any atom is -0.325 e. The first-order chi connectivity index (χ1) is 15.2. The number of hydrogen-bond donors (Lipinski definition) is 1. The number of thioether (sulfide) groups is 1. The molecule has 0 radical (unpaired) electrons. The normalized spacial score (nSPS) is 13.3. The van der Waals surface area contributed by atoms with Gasteiger partial charge >= 0.3 is 0 Å². The summed E-state index contributed by atoms with van der Waals surface area (Å²) in [6.07, 6.45) is 5.74. The van der Waals surface area contributed by atoms with Crippen molar-refractivity contribution in [1.82, 2.24) is 24.7 Å². The standard InChI is InChI=1S/C22H20N6OS2/c1-14-24-19(12-30-14)15-4-2-6-17(10-15)25-20(29)13-31-22-27-26-21(28(22)18-7-8-18)16-5-3-9-23-11-16/h2-6,9-12,18H,7-8,13H2,1H3,(H,25,29). The zero-order valence-corrected chi connectivity index (χ0v) is 18.5. The molecule has 3 heterocycles. The second-order valence-electron chi connectivity index (χ2n) is 7.32. The molecule has 1 saturated carbocycles. The highest BCUT2D eigenvalue weighted by Crippen LogP contribution is 2.41. The summed E-state index contributed by atoms with van der Waals surface area (Å²) in [5.74, 6) is 0.993. The Kier molecular flexibility index (Phi) is 5.52. The molecular weight excluding hydrogens is 428 g/mol. The van der Waals surface area contributed by atoms with Gasteiger partial charge in [-0.15, -0.1) is 21.5 Å². The summed E-state index contributed by atoms with van der Waals surface area (Å²) in [7, 11) is 0. The Morgan fingerprint density at radius 1 is 1.23 bits per heavy atom. The summed E-state index contributed by atoms with van der Waals surface area (Å²) in [6, 6.07) is 12.0. The van der Waals surface area contributed by atoms with Crippen LogP contribution in [0.25, 0.3) is 22.6 Å². The predicted octanol–water partition coefficient (Wildman–Crippen LogP) is 4.84. The monoisotopic (exact) mass is 448 g/mol. The summed E-state index contributed by atoms with van der Waals surface area (Å²) in [5.41, 5.74) is 3.61. The number of pyridine rings is 1. The highest BCUT2D eigenvalue weighted by molar-refractivity contribution is 7.99. The predicted molar refractivity (Wildman–Crippen MR) is 123 cm³/mol. The molecule has 4 aromatic rings. The maximum atomic E-state index is 12.6. The molecule has 7 nitrogen and oxygen atoms in total. The molecule has 0 aliphatic heterocycles. The van der Waals surface area contributed by atoms with E-state index in [2.05, 4.69) is 30.0 Å². The van der Waals surface area contributed by atoms with Crippen molar-refractivity contribution in [3.8, 4) is 22.6 Å². The molecule has 5 rings (SSSR count). The summed E-state index contributed by atoms with van der Waals surface area (Å²) in [5, 5.41) is 15.5. The summed E-state index contributed by atoms with van der Waals surface area (Å²) >= 11 is 3.02. The molecule has 9 heteroatoms. The molecule has 0 unspecified atom stereocenters. The van der Waals surface area contributed by atoms with Crippen LogP contribution in [0.5, 0.6) is 0 Å². The molecule has 31 heavy (non-hydrogen) atoms.